The first-order valence-corrected chi connectivity index (χ1v) is 9.48. The minimum Gasteiger partial charge on any atom is -0.496 e. The van der Waals surface area contributed by atoms with E-state index in [1.165, 1.54) is 20.3 Å². The molecule has 7 heteroatoms. The van der Waals surface area contributed by atoms with E-state index in [1.807, 2.05) is 19.9 Å². The Bertz CT molecular complexity index is 1020. The summed E-state index contributed by atoms with van der Waals surface area (Å²) in [6, 6.07) is 5.07. The topological polar surface area (TPSA) is 74.7 Å². The fourth-order valence-corrected chi connectivity index (χ4v) is 4.30. The van der Waals surface area contributed by atoms with Gasteiger partial charge in [0.25, 0.3) is 0 Å². The highest BCUT2D eigenvalue weighted by Gasteiger charge is 2.61. The molecule has 2 aliphatic rings. The fourth-order valence-electron chi connectivity index (χ4n) is 4.04. The maximum Gasteiger partial charge on any atom is 0.236 e. The van der Waals surface area contributed by atoms with Crippen LogP contribution in [0.4, 0.5) is 0 Å². The molecule has 2 atom stereocenters. The first-order chi connectivity index (χ1) is 13.4. The van der Waals surface area contributed by atoms with Crippen molar-refractivity contribution in [3.63, 3.8) is 0 Å². The average Bonchev–Trinajstić information content (AvgIpc) is 3.01. The molecule has 0 saturated heterocycles. The van der Waals surface area contributed by atoms with Crippen molar-refractivity contribution >= 4 is 23.2 Å². The van der Waals surface area contributed by atoms with Gasteiger partial charge in [-0.15, -0.1) is 0 Å². The highest BCUT2D eigenvalue weighted by atomic mass is 35.5. The van der Waals surface area contributed by atoms with Gasteiger partial charge in [0.1, 0.15) is 22.1 Å². The molecule has 1 spiro atoms. The molecule has 0 N–H and O–H groups in total. The quantitative estimate of drug-likeness (QED) is 0.730. The molecular formula is C21H20ClNO5. The average molecular weight is 402 g/mol. The second-order valence-corrected chi connectivity index (χ2v) is 7.43. The summed E-state index contributed by atoms with van der Waals surface area (Å²) >= 11 is 6.40. The van der Waals surface area contributed by atoms with Crippen LogP contribution in [0.2, 0.25) is 5.02 Å². The highest BCUT2D eigenvalue weighted by molar-refractivity contribution is 6.36. The summed E-state index contributed by atoms with van der Waals surface area (Å²) in [6.45, 7) is 3.83. The molecule has 4 rings (SSSR count). The van der Waals surface area contributed by atoms with Crippen molar-refractivity contribution in [3.8, 4) is 17.2 Å². The summed E-state index contributed by atoms with van der Waals surface area (Å²) in [5.74, 6) is -0.541. The van der Waals surface area contributed by atoms with Crippen LogP contribution in [0.3, 0.4) is 0 Å². The number of Topliss-reactive ketones (excluding diaryl/α,β-unsaturated/α-hetero) is 2. The number of hydrogen-bond donors (Lipinski definition) is 0. The minimum absolute atomic E-state index is 0.129. The molecule has 1 aliphatic carbocycles. The minimum atomic E-state index is -1.67. The molecule has 2 aromatic rings. The molecule has 6 nitrogen and oxygen atoms in total. The Hall–Kier alpha value is -2.60. The number of halogens is 1. The highest BCUT2D eigenvalue weighted by Crippen LogP contribution is 2.53. The number of carbonyl (C=O) groups excluding carboxylic acids is 2. The van der Waals surface area contributed by atoms with Gasteiger partial charge in [0, 0.05) is 23.2 Å². The van der Waals surface area contributed by atoms with Crippen LogP contribution in [0.1, 0.15) is 46.0 Å². The number of aromatic nitrogens is 1. The van der Waals surface area contributed by atoms with Crippen LogP contribution in [0.15, 0.2) is 18.2 Å². The molecular weight excluding hydrogens is 382 g/mol. The van der Waals surface area contributed by atoms with Crippen LogP contribution in [0, 0.1) is 5.92 Å². The van der Waals surface area contributed by atoms with E-state index >= 15 is 0 Å². The van der Waals surface area contributed by atoms with Gasteiger partial charge in [0.05, 0.1) is 19.9 Å². The van der Waals surface area contributed by atoms with Gasteiger partial charge in [-0.2, -0.15) is 0 Å². The second-order valence-electron chi connectivity index (χ2n) is 7.05. The van der Waals surface area contributed by atoms with Crippen LogP contribution in [-0.2, 0) is 12.8 Å². The van der Waals surface area contributed by atoms with E-state index < -0.39 is 23.1 Å². The third-order valence-corrected chi connectivity index (χ3v) is 5.95. The van der Waals surface area contributed by atoms with Gasteiger partial charge in [-0.25, -0.2) is 0 Å². The molecule has 146 valence electrons. The van der Waals surface area contributed by atoms with E-state index in [4.69, 9.17) is 25.8 Å². The maximum atomic E-state index is 13.5. The summed E-state index contributed by atoms with van der Waals surface area (Å²) in [5, 5.41) is 0.147. The van der Waals surface area contributed by atoms with Crippen molar-refractivity contribution < 1.29 is 23.8 Å². The Kier molecular flexibility index (Phi) is 4.34. The number of nitrogens with zero attached hydrogens (tertiary/aromatic N) is 1. The Balaban J connectivity index is 1.90. The lowest BCUT2D eigenvalue weighted by Gasteiger charge is -2.36. The third kappa shape index (κ3) is 2.30. The number of ketones is 2. The molecule has 0 unspecified atom stereocenters. The lowest BCUT2D eigenvalue weighted by atomic mass is 9.71. The lowest BCUT2D eigenvalue weighted by Crippen LogP contribution is -2.56. The van der Waals surface area contributed by atoms with Crippen LogP contribution in [-0.4, -0.2) is 36.4 Å². The summed E-state index contributed by atoms with van der Waals surface area (Å²) < 4.78 is 16.7. The molecule has 1 aromatic heterocycles. The fraction of sp³-hybridized carbons (Fsp3) is 0.381. The van der Waals surface area contributed by atoms with E-state index in [0.29, 0.717) is 23.4 Å². The predicted octanol–water partition coefficient (Wildman–Crippen LogP) is 3.70. The van der Waals surface area contributed by atoms with Crippen molar-refractivity contribution in [1.82, 2.24) is 4.98 Å². The standard InChI is InChI=1S/C21H20ClNO5/c1-5-11-6-7-12-13(23-11)8-10(2)21(19(12)24)20(25)16-14(26-3)9-15(27-4)17(22)18(16)28-21/h6-7,9-10H,5,8H2,1-4H3/t10-,21+/m1/s1. The monoisotopic (exact) mass is 401 g/mol. The van der Waals surface area contributed by atoms with Crippen LogP contribution in [0.25, 0.3) is 0 Å². The number of methoxy groups -OCH3 is 2. The normalized spacial score (nSPS) is 22.7. The Morgan fingerprint density at radius 1 is 1.21 bits per heavy atom. The molecule has 2 heterocycles. The summed E-state index contributed by atoms with van der Waals surface area (Å²) in [4.78, 5) is 31.6. The van der Waals surface area contributed by atoms with Gasteiger partial charge in [0.15, 0.2) is 5.75 Å². The Morgan fingerprint density at radius 2 is 1.93 bits per heavy atom. The zero-order chi connectivity index (χ0) is 20.2. The molecule has 0 bridgehead atoms. The van der Waals surface area contributed by atoms with E-state index in [-0.39, 0.29) is 22.1 Å². The molecule has 28 heavy (non-hydrogen) atoms. The molecule has 0 saturated carbocycles. The molecule has 0 radical (unpaired) electrons. The second kappa shape index (κ2) is 6.48. The van der Waals surface area contributed by atoms with Gasteiger partial charge < -0.3 is 14.2 Å². The van der Waals surface area contributed by atoms with Crippen molar-refractivity contribution in [3.05, 3.63) is 45.7 Å². The Morgan fingerprint density at radius 3 is 2.57 bits per heavy atom. The van der Waals surface area contributed by atoms with E-state index in [2.05, 4.69) is 4.98 Å². The van der Waals surface area contributed by atoms with Gasteiger partial charge in [0.2, 0.25) is 17.2 Å². The van der Waals surface area contributed by atoms with Crippen molar-refractivity contribution in [2.24, 2.45) is 5.92 Å². The molecule has 0 amide bonds. The van der Waals surface area contributed by atoms with Crippen LogP contribution >= 0.6 is 11.6 Å². The zero-order valence-electron chi connectivity index (χ0n) is 16.1. The number of carbonyl (C=O) groups is 2. The van der Waals surface area contributed by atoms with Gasteiger partial charge in [-0.3, -0.25) is 14.6 Å². The largest absolute Gasteiger partial charge is 0.496 e. The number of benzene rings is 1. The van der Waals surface area contributed by atoms with E-state index in [9.17, 15) is 9.59 Å². The zero-order valence-corrected chi connectivity index (χ0v) is 16.8. The lowest BCUT2D eigenvalue weighted by molar-refractivity contribution is 0.0256. The maximum absolute atomic E-state index is 13.5. The van der Waals surface area contributed by atoms with Gasteiger partial charge >= 0.3 is 0 Å². The number of pyridine rings is 1. The van der Waals surface area contributed by atoms with Crippen molar-refractivity contribution in [1.29, 1.82) is 0 Å². The van der Waals surface area contributed by atoms with Crippen molar-refractivity contribution in [2.75, 3.05) is 14.2 Å². The van der Waals surface area contributed by atoms with Crippen LogP contribution in [0.5, 0.6) is 17.2 Å². The SMILES string of the molecule is CCc1ccc2c(n1)C[C@@H](C)[C@]1(Oc3c(Cl)c(OC)cc(OC)c3C1=O)C2=O. The summed E-state index contributed by atoms with van der Waals surface area (Å²) in [5.41, 5.74) is 0.527. The Labute approximate surface area is 167 Å². The number of ether oxygens (including phenoxy) is 3. The van der Waals surface area contributed by atoms with Gasteiger partial charge in [-0.05, 0) is 25.0 Å². The summed E-state index contributed by atoms with van der Waals surface area (Å²) in [7, 11) is 2.90. The number of rotatable bonds is 3. The third-order valence-electron chi connectivity index (χ3n) is 5.59. The number of aryl methyl sites for hydroxylation is 1. The van der Waals surface area contributed by atoms with Gasteiger partial charge in [-0.1, -0.05) is 25.4 Å². The number of fused-ring (bicyclic) bond motifs is 2. The van der Waals surface area contributed by atoms with E-state index in [1.54, 1.807) is 6.07 Å². The van der Waals surface area contributed by atoms with Crippen molar-refractivity contribution in [2.45, 2.75) is 32.3 Å². The first kappa shape index (κ1) is 18.7. The first-order valence-electron chi connectivity index (χ1n) is 9.10. The molecule has 0 fully saturated rings. The predicted molar refractivity (Wildman–Crippen MR) is 103 cm³/mol. The molecule has 1 aromatic carbocycles. The molecule has 1 aliphatic heterocycles. The van der Waals surface area contributed by atoms with E-state index in [0.717, 1.165) is 12.1 Å². The smallest absolute Gasteiger partial charge is 0.236 e. The summed E-state index contributed by atoms with van der Waals surface area (Å²) in [6.07, 6.45) is 1.22. The number of hydrogen-bond acceptors (Lipinski definition) is 6. The van der Waals surface area contributed by atoms with Crippen LogP contribution < -0.4 is 14.2 Å².